The number of ether oxygens (including phenoxy) is 1. The third kappa shape index (κ3) is 2.10. The number of likely N-dealkylation sites (tertiary alicyclic amines) is 1. The smallest absolute Gasteiger partial charge is 0.0837 e. The summed E-state index contributed by atoms with van der Waals surface area (Å²) < 4.78 is 6.17. The maximum atomic E-state index is 6.17. The van der Waals surface area contributed by atoms with Crippen molar-refractivity contribution in [1.29, 1.82) is 0 Å². The Kier molecular flexibility index (Phi) is 2.82. The van der Waals surface area contributed by atoms with Gasteiger partial charge in [0.1, 0.15) is 0 Å². The number of hydrogen-bond acceptors (Lipinski definition) is 3. The van der Waals surface area contributed by atoms with Crippen molar-refractivity contribution < 1.29 is 4.74 Å². The van der Waals surface area contributed by atoms with Gasteiger partial charge in [0.2, 0.25) is 0 Å². The molecule has 0 aromatic rings. The fourth-order valence-electron chi connectivity index (χ4n) is 2.80. The molecule has 0 bridgehead atoms. The monoisotopic (exact) mass is 198 g/mol. The van der Waals surface area contributed by atoms with Gasteiger partial charge in [-0.3, -0.25) is 0 Å². The molecule has 0 saturated carbocycles. The Morgan fingerprint density at radius 1 is 1.14 bits per heavy atom. The predicted octanol–water partition coefficient (Wildman–Crippen LogP) is 0.801. The molecule has 0 aromatic heterocycles. The number of morpholine rings is 1. The summed E-state index contributed by atoms with van der Waals surface area (Å²) in [6.07, 6.45) is 2.79. The van der Waals surface area contributed by atoms with Crippen LogP contribution in [-0.2, 0) is 4.74 Å². The zero-order valence-electron chi connectivity index (χ0n) is 9.62. The van der Waals surface area contributed by atoms with E-state index in [-0.39, 0.29) is 5.60 Å². The summed E-state index contributed by atoms with van der Waals surface area (Å²) in [7, 11) is 4.40. The normalized spacial score (nSPS) is 34.9. The van der Waals surface area contributed by atoms with Gasteiger partial charge >= 0.3 is 0 Å². The Bertz CT molecular complexity index is 187. The van der Waals surface area contributed by atoms with Crippen LogP contribution in [0.2, 0.25) is 0 Å². The van der Waals surface area contributed by atoms with Crippen LogP contribution in [0.5, 0.6) is 0 Å². The van der Waals surface area contributed by atoms with E-state index in [1.165, 1.54) is 25.9 Å². The van der Waals surface area contributed by atoms with E-state index in [0.29, 0.717) is 6.10 Å². The first kappa shape index (κ1) is 10.4. The summed E-state index contributed by atoms with van der Waals surface area (Å²) in [6, 6.07) is 0. The van der Waals surface area contributed by atoms with Crippen molar-refractivity contribution in [1.82, 2.24) is 9.80 Å². The van der Waals surface area contributed by atoms with E-state index in [2.05, 4.69) is 30.8 Å². The fourth-order valence-corrected chi connectivity index (χ4v) is 2.80. The van der Waals surface area contributed by atoms with Gasteiger partial charge in [0, 0.05) is 26.2 Å². The topological polar surface area (TPSA) is 15.7 Å². The largest absolute Gasteiger partial charge is 0.369 e. The number of rotatable bonds is 0. The van der Waals surface area contributed by atoms with Gasteiger partial charge in [-0.15, -0.1) is 0 Å². The lowest BCUT2D eigenvalue weighted by Gasteiger charge is -2.48. The van der Waals surface area contributed by atoms with Crippen molar-refractivity contribution in [2.24, 2.45) is 0 Å². The second-order valence-corrected chi connectivity index (χ2v) is 5.11. The first-order chi connectivity index (χ1) is 6.60. The molecule has 2 saturated heterocycles. The summed E-state index contributed by atoms with van der Waals surface area (Å²) in [5.41, 5.74) is 0.166. The van der Waals surface area contributed by atoms with Crippen LogP contribution in [0.4, 0.5) is 0 Å². The molecule has 2 rings (SSSR count). The average Bonchev–Trinajstić information content (AvgIpc) is 2.09. The van der Waals surface area contributed by atoms with Gasteiger partial charge < -0.3 is 14.5 Å². The molecule has 0 aliphatic carbocycles. The van der Waals surface area contributed by atoms with Gasteiger partial charge in [0.15, 0.2) is 0 Å². The van der Waals surface area contributed by atoms with Crippen molar-refractivity contribution >= 4 is 0 Å². The SMILES string of the molecule is CC1CN(C)CC2(CCN(C)CC2)O1. The minimum atomic E-state index is 0.166. The number of hydrogen-bond donors (Lipinski definition) is 0. The van der Waals surface area contributed by atoms with E-state index < -0.39 is 0 Å². The second-order valence-electron chi connectivity index (χ2n) is 5.11. The lowest BCUT2D eigenvalue weighted by Crippen LogP contribution is -2.57. The third-order valence-corrected chi connectivity index (χ3v) is 3.48. The molecule has 1 atom stereocenters. The zero-order chi connectivity index (χ0) is 10.2. The Balaban J connectivity index is 2.00. The number of nitrogens with zero attached hydrogens (tertiary/aromatic N) is 2. The molecular weight excluding hydrogens is 176 g/mol. The fraction of sp³-hybridized carbons (Fsp3) is 1.00. The average molecular weight is 198 g/mol. The Morgan fingerprint density at radius 3 is 2.36 bits per heavy atom. The maximum Gasteiger partial charge on any atom is 0.0837 e. The lowest BCUT2D eigenvalue weighted by molar-refractivity contribution is -0.163. The van der Waals surface area contributed by atoms with Gasteiger partial charge in [0.25, 0.3) is 0 Å². The van der Waals surface area contributed by atoms with Crippen molar-refractivity contribution in [3.8, 4) is 0 Å². The summed E-state index contributed by atoms with van der Waals surface area (Å²) >= 11 is 0. The molecular formula is C11H22N2O. The van der Waals surface area contributed by atoms with Gasteiger partial charge in [0.05, 0.1) is 11.7 Å². The van der Waals surface area contributed by atoms with E-state index in [9.17, 15) is 0 Å². The highest BCUT2D eigenvalue weighted by Gasteiger charge is 2.40. The number of likely N-dealkylation sites (N-methyl/N-ethyl adjacent to an activating group) is 1. The lowest BCUT2D eigenvalue weighted by atomic mass is 9.89. The van der Waals surface area contributed by atoms with Crippen LogP contribution >= 0.6 is 0 Å². The minimum Gasteiger partial charge on any atom is -0.369 e. The molecule has 0 radical (unpaired) electrons. The van der Waals surface area contributed by atoms with Crippen LogP contribution < -0.4 is 0 Å². The molecule has 0 amide bonds. The van der Waals surface area contributed by atoms with E-state index in [1.54, 1.807) is 0 Å². The molecule has 2 heterocycles. The van der Waals surface area contributed by atoms with Crippen molar-refractivity contribution in [2.75, 3.05) is 40.3 Å². The van der Waals surface area contributed by atoms with Gasteiger partial charge in [-0.25, -0.2) is 0 Å². The molecule has 1 unspecified atom stereocenters. The Morgan fingerprint density at radius 2 is 1.79 bits per heavy atom. The van der Waals surface area contributed by atoms with Crippen LogP contribution in [0, 0.1) is 0 Å². The highest BCUT2D eigenvalue weighted by atomic mass is 16.5. The summed E-state index contributed by atoms with van der Waals surface area (Å²) in [4.78, 5) is 4.81. The van der Waals surface area contributed by atoms with Crippen LogP contribution in [0.3, 0.4) is 0 Å². The second kappa shape index (κ2) is 3.80. The quantitative estimate of drug-likeness (QED) is 0.572. The molecule has 0 aromatic carbocycles. The van der Waals surface area contributed by atoms with Crippen molar-refractivity contribution in [2.45, 2.75) is 31.5 Å². The molecule has 1 spiro atoms. The Hall–Kier alpha value is -0.120. The van der Waals surface area contributed by atoms with E-state index >= 15 is 0 Å². The first-order valence-corrected chi connectivity index (χ1v) is 5.65. The van der Waals surface area contributed by atoms with Crippen LogP contribution in [-0.4, -0.2) is 61.8 Å². The molecule has 2 fully saturated rings. The van der Waals surface area contributed by atoms with E-state index in [1.807, 2.05) is 0 Å². The van der Waals surface area contributed by atoms with E-state index in [4.69, 9.17) is 4.74 Å². The molecule has 2 aliphatic heterocycles. The predicted molar refractivity (Wildman–Crippen MR) is 57.5 cm³/mol. The molecule has 3 nitrogen and oxygen atoms in total. The molecule has 3 heteroatoms. The molecule has 0 N–H and O–H groups in total. The molecule has 82 valence electrons. The zero-order valence-corrected chi connectivity index (χ0v) is 9.62. The first-order valence-electron chi connectivity index (χ1n) is 5.65. The van der Waals surface area contributed by atoms with E-state index in [0.717, 1.165) is 13.1 Å². The highest BCUT2D eigenvalue weighted by Crippen LogP contribution is 2.31. The minimum absolute atomic E-state index is 0.166. The van der Waals surface area contributed by atoms with Crippen LogP contribution in [0.25, 0.3) is 0 Å². The molecule has 2 aliphatic rings. The standard InChI is InChI=1S/C11H22N2O/c1-10-8-13(3)9-11(14-10)4-6-12(2)7-5-11/h10H,4-9H2,1-3H3. The van der Waals surface area contributed by atoms with Crippen LogP contribution in [0.1, 0.15) is 19.8 Å². The van der Waals surface area contributed by atoms with Crippen LogP contribution in [0.15, 0.2) is 0 Å². The summed E-state index contributed by atoms with van der Waals surface area (Å²) in [5, 5.41) is 0. The summed E-state index contributed by atoms with van der Waals surface area (Å²) in [6.45, 7) is 6.75. The summed E-state index contributed by atoms with van der Waals surface area (Å²) in [5.74, 6) is 0. The maximum absolute atomic E-state index is 6.17. The van der Waals surface area contributed by atoms with Gasteiger partial charge in [-0.1, -0.05) is 0 Å². The highest BCUT2D eigenvalue weighted by molar-refractivity contribution is 4.93. The van der Waals surface area contributed by atoms with Gasteiger partial charge in [-0.2, -0.15) is 0 Å². The van der Waals surface area contributed by atoms with Gasteiger partial charge in [-0.05, 0) is 33.9 Å². The number of piperidine rings is 1. The van der Waals surface area contributed by atoms with Crippen molar-refractivity contribution in [3.05, 3.63) is 0 Å². The third-order valence-electron chi connectivity index (χ3n) is 3.48. The molecule has 14 heavy (non-hydrogen) atoms. The van der Waals surface area contributed by atoms with Crippen molar-refractivity contribution in [3.63, 3.8) is 0 Å². The Labute approximate surface area is 87.0 Å².